The molecule has 1 aromatic carbocycles. The van der Waals surface area contributed by atoms with E-state index in [4.69, 9.17) is 4.74 Å². The van der Waals surface area contributed by atoms with Crippen LogP contribution in [0.5, 0.6) is 0 Å². The van der Waals surface area contributed by atoms with Gasteiger partial charge < -0.3 is 20.3 Å². The van der Waals surface area contributed by atoms with Crippen LogP contribution >= 0.6 is 0 Å². The van der Waals surface area contributed by atoms with Crippen LogP contribution in [0.25, 0.3) is 17.3 Å². The number of nitrogens with zero attached hydrogens (tertiary/aromatic N) is 2. The molecule has 0 saturated carbocycles. The number of carbonyl (C=O) groups is 1. The van der Waals surface area contributed by atoms with Crippen molar-refractivity contribution in [3.63, 3.8) is 0 Å². The fourth-order valence-corrected chi connectivity index (χ4v) is 3.65. The molecular formula is C24H32FN3O6S. The highest BCUT2D eigenvalue weighted by molar-refractivity contribution is 7.90. The fraction of sp³-hybridized carbons (Fsp3) is 0.458. The number of halogens is 1. The summed E-state index contributed by atoms with van der Waals surface area (Å²) in [5, 5.41) is 23.2. The summed E-state index contributed by atoms with van der Waals surface area (Å²) in [4.78, 5) is 20.5. The number of hydrogen-bond acceptors (Lipinski definition) is 9. The van der Waals surface area contributed by atoms with Crippen LogP contribution in [0.4, 0.5) is 10.3 Å². The first-order chi connectivity index (χ1) is 16.4. The normalized spacial score (nSPS) is 13.7. The van der Waals surface area contributed by atoms with Gasteiger partial charge in [0.05, 0.1) is 36.6 Å². The lowest BCUT2D eigenvalue weighted by Crippen LogP contribution is -2.20. The highest BCUT2D eigenvalue weighted by Crippen LogP contribution is 2.30. The van der Waals surface area contributed by atoms with E-state index in [1.54, 1.807) is 25.1 Å². The number of ether oxygens (including phenoxy) is 1. The van der Waals surface area contributed by atoms with Gasteiger partial charge in [-0.1, -0.05) is 26.0 Å². The van der Waals surface area contributed by atoms with Crippen molar-refractivity contribution in [2.75, 3.05) is 24.1 Å². The van der Waals surface area contributed by atoms with Crippen molar-refractivity contribution in [3.05, 3.63) is 47.4 Å². The monoisotopic (exact) mass is 509 g/mol. The molecule has 11 heteroatoms. The Labute approximate surface area is 205 Å². The molecule has 0 amide bonds. The van der Waals surface area contributed by atoms with Crippen molar-refractivity contribution in [3.8, 4) is 11.3 Å². The standard InChI is InChI=1S/C24H32FN3O6S/c1-5-34-21(31)13-19(30)12-18(29)10-11-20-22(15(2)3)27-24(26-14-35(4,32)33)28-23(20)16-6-8-17(25)9-7-16/h6-11,15,18-19,29-30H,5,12-14H2,1-4H3,(H,26,27,28)/t18-,19-/m1/s1. The lowest BCUT2D eigenvalue weighted by molar-refractivity contribution is -0.145. The molecule has 2 rings (SSSR count). The number of aromatic nitrogens is 2. The molecule has 0 radical (unpaired) electrons. The van der Waals surface area contributed by atoms with Crippen molar-refractivity contribution in [2.45, 2.75) is 51.7 Å². The van der Waals surface area contributed by atoms with Gasteiger partial charge in [-0.05, 0) is 37.1 Å². The number of anilines is 1. The number of carbonyl (C=O) groups excluding carboxylic acids is 1. The first kappa shape index (κ1) is 28.3. The minimum Gasteiger partial charge on any atom is -0.466 e. The van der Waals surface area contributed by atoms with Gasteiger partial charge in [-0.3, -0.25) is 4.79 Å². The second-order valence-electron chi connectivity index (χ2n) is 8.43. The second kappa shape index (κ2) is 12.7. The Balaban J connectivity index is 2.43. The molecular weight excluding hydrogens is 477 g/mol. The molecule has 3 N–H and O–H groups in total. The Morgan fingerprint density at radius 1 is 1.20 bits per heavy atom. The molecule has 1 heterocycles. The van der Waals surface area contributed by atoms with Crippen molar-refractivity contribution >= 4 is 27.8 Å². The predicted molar refractivity (Wildman–Crippen MR) is 132 cm³/mol. The highest BCUT2D eigenvalue weighted by atomic mass is 32.2. The zero-order chi connectivity index (χ0) is 26.2. The molecule has 0 bridgehead atoms. The van der Waals surface area contributed by atoms with E-state index >= 15 is 0 Å². The molecule has 1 aromatic heterocycles. The summed E-state index contributed by atoms with van der Waals surface area (Å²) in [7, 11) is -3.34. The Bertz CT molecular complexity index is 1140. The van der Waals surface area contributed by atoms with E-state index in [-0.39, 0.29) is 37.2 Å². The Kier molecular flexibility index (Phi) is 10.3. The Morgan fingerprint density at radius 3 is 2.43 bits per heavy atom. The number of sulfone groups is 1. The van der Waals surface area contributed by atoms with Crippen LogP contribution in [-0.4, -0.2) is 65.5 Å². The van der Waals surface area contributed by atoms with Crippen LogP contribution in [-0.2, 0) is 19.4 Å². The van der Waals surface area contributed by atoms with E-state index in [1.165, 1.54) is 18.2 Å². The number of esters is 1. The first-order valence-electron chi connectivity index (χ1n) is 11.2. The van der Waals surface area contributed by atoms with Gasteiger partial charge in [0, 0.05) is 23.8 Å². The van der Waals surface area contributed by atoms with E-state index in [0.29, 0.717) is 22.5 Å². The van der Waals surface area contributed by atoms with Gasteiger partial charge in [0.2, 0.25) is 5.95 Å². The van der Waals surface area contributed by atoms with E-state index in [1.807, 2.05) is 13.8 Å². The zero-order valence-electron chi connectivity index (χ0n) is 20.2. The molecule has 2 atom stereocenters. The van der Waals surface area contributed by atoms with Crippen LogP contribution < -0.4 is 5.32 Å². The van der Waals surface area contributed by atoms with Crippen LogP contribution in [0, 0.1) is 5.82 Å². The minimum absolute atomic E-state index is 0.0902. The molecule has 0 aliphatic carbocycles. The van der Waals surface area contributed by atoms with E-state index < -0.39 is 33.8 Å². The molecule has 0 saturated heterocycles. The number of benzene rings is 1. The average Bonchev–Trinajstić information content (AvgIpc) is 2.76. The average molecular weight is 510 g/mol. The summed E-state index contributed by atoms with van der Waals surface area (Å²) in [6.07, 6.45) is 1.65. The third-order valence-electron chi connectivity index (χ3n) is 4.84. The van der Waals surface area contributed by atoms with E-state index in [0.717, 1.165) is 6.26 Å². The third kappa shape index (κ3) is 9.35. The van der Waals surface area contributed by atoms with Gasteiger partial charge >= 0.3 is 5.97 Å². The second-order valence-corrected chi connectivity index (χ2v) is 10.6. The number of rotatable bonds is 12. The number of hydrogen-bond donors (Lipinski definition) is 3. The Morgan fingerprint density at radius 2 is 1.86 bits per heavy atom. The lowest BCUT2D eigenvalue weighted by Gasteiger charge is -2.17. The minimum atomic E-state index is -3.34. The highest BCUT2D eigenvalue weighted by Gasteiger charge is 2.19. The number of aliphatic hydroxyl groups excluding tert-OH is 2. The van der Waals surface area contributed by atoms with Crippen LogP contribution in [0.1, 0.15) is 50.8 Å². The summed E-state index contributed by atoms with van der Waals surface area (Å²) in [6, 6.07) is 5.65. The van der Waals surface area contributed by atoms with Crippen LogP contribution in [0.15, 0.2) is 30.3 Å². The molecule has 35 heavy (non-hydrogen) atoms. The Hall–Kier alpha value is -2.89. The van der Waals surface area contributed by atoms with Gasteiger partial charge in [-0.25, -0.2) is 22.8 Å². The molecule has 0 spiro atoms. The molecule has 9 nitrogen and oxygen atoms in total. The maximum atomic E-state index is 13.5. The fourth-order valence-electron chi connectivity index (χ4n) is 3.25. The SMILES string of the molecule is CCOC(=O)C[C@H](O)C[C@H](O)C=Cc1c(-c2ccc(F)cc2)nc(NCS(C)(=O)=O)nc1C(C)C. The molecule has 0 aliphatic heterocycles. The third-order valence-corrected chi connectivity index (χ3v) is 5.51. The zero-order valence-corrected chi connectivity index (χ0v) is 21.0. The van der Waals surface area contributed by atoms with Crippen molar-refractivity contribution < 1.29 is 32.6 Å². The van der Waals surface area contributed by atoms with Crippen molar-refractivity contribution in [2.24, 2.45) is 0 Å². The van der Waals surface area contributed by atoms with Gasteiger partial charge in [0.25, 0.3) is 0 Å². The van der Waals surface area contributed by atoms with Gasteiger partial charge in [-0.2, -0.15) is 0 Å². The lowest BCUT2D eigenvalue weighted by atomic mass is 9.97. The molecule has 0 aliphatic rings. The maximum absolute atomic E-state index is 13.5. The van der Waals surface area contributed by atoms with E-state index in [9.17, 15) is 27.8 Å². The van der Waals surface area contributed by atoms with Crippen LogP contribution in [0.2, 0.25) is 0 Å². The molecule has 2 aromatic rings. The largest absolute Gasteiger partial charge is 0.466 e. The molecule has 0 unspecified atom stereocenters. The molecule has 192 valence electrons. The summed E-state index contributed by atoms with van der Waals surface area (Å²) in [5.41, 5.74) is 2.10. The summed E-state index contributed by atoms with van der Waals surface area (Å²) in [6.45, 7) is 5.66. The van der Waals surface area contributed by atoms with Gasteiger partial charge in [0.1, 0.15) is 11.7 Å². The quantitative estimate of drug-likeness (QED) is 0.369. The van der Waals surface area contributed by atoms with Crippen molar-refractivity contribution in [1.29, 1.82) is 0 Å². The van der Waals surface area contributed by atoms with Crippen LogP contribution in [0.3, 0.4) is 0 Å². The van der Waals surface area contributed by atoms with Gasteiger partial charge in [0.15, 0.2) is 9.84 Å². The first-order valence-corrected chi connectivity index (χ1v) is 13.2. The van der Waals surface area contributed by atoms with Crippen molar-refractivity contribution in [1.82, 2.24) is 9.97 Å². The number of nitrogens with one attached hydrogen (secondary N) is 1. The summed E-state index contributed by atoms with van der Waals surface area (Å²) >= 11 is 0. The molecule has 0 fully saturated rings. The summed E-state index contributed by atoms with van der Waals surface area (Å²) in [5.74, 6) is -1.35. The van der Waals surface area contributed by atoms with E-state index in [2.05, 4.69) is 15.3 Å². The maximum Gasteiger partial charge on any atom is 0.308 e. The number of aliphatic hydroxyl groups is 2. The predicted octanol–water partition coefficient (Wildman–Crippen LogP) is 2.90. The topological polar surface area (TPSA) is 139 Å². The summed E-state index contributed by atoms with van der Waals surface area (Å²) < 4.78 is 41.6. The smallest absolute Gasteiger partial charge is 0.308 e. The van der Waals surface area contributed by atoms with Gasteiger partial charge in [-0.15, -0.1) is 0 Å².